The van der Waals surface area contributed by atoms with Gasteiger partial charge < -0.3 is 5.32 Å². The van der Waals surface area contributed by atoms with Crippen molar-refractivity contribution in [3.8, 4) is 0 Å². The maximum Gasteiger partial charge on any atom is 0.246 e. The molecule has 3 nitrogen and oxygen atoms in total. The number of aliphatic imine (C=N–C) groups is 1. The van der Waals surface area contributed by atoms with Gasteiger partial charge in [0, 0.05) is 11.3 Å². The standard InChI is InChI=1S/C19H22N2O/c1-5-8-10-11-12-15(4)19-16(13-9-6-2)17(7-3)21-18(22)14-20-19/h5-7,9,11-13H,1-4,8,10,14H2,(H,21,22)/b12-11-,13-9-. The van der Waals surface area contributed by atoms with Gasteiger partial charge in [0.1, 0.15) is 6.54 Å². The Morgan fingerprint density at radius 3 is 2.68 bits per heavy atom. The Labute approximate surface area is 132 Å². The zero-order valence-electron chi connectivity index (χ0n) is 12.8. The van der Waals surface area contributed by atoms with Crippen LogP contribution in [0.3, 0.4) is 0 Å². The van der Waals surface area contributed by atoms with Gasteiger partial charge >= 0.3 is 0 Å². The lowest BCUT2D eigenvalue weighted by atomic mass is 10.00. The first-order valence-corrected chi connectivity index (χ1v) is 7.11. The molecule has 114 valence electrons. The summed E-state index contributed by atoms with van der Waals surface area (Å²) >= 11 is 0. The van der Waals surface area contributed by atoms with Gasteiger partial charge in [0.15, 0.2) is 0 Å². The van der Waals surface area contributed by atoms with Crippen LogP contribution in [0.25, 0.3) is 0 Å². The molecule has 1 amide bonds. The number of nitrogens with one attached hydrogen (secondary N) is 1. The topological polar surface area (TPSA) is 41.5 Å². The molecule has 0 atom stereocenters. The summed E-state index contributed by atoms with van der Waals surface area (Å²) in [6.45, 7) is 15.2. The predicted molar refractivity (Wildman–Crippen MR) is 94.7 cm³/mol. The van der Waals surface area contributed by atoms with Crippen LogP contribution in [-0.2, 0) is 4.79 Å². The fraction of sp³-hybridized carbons (Fsp3) is 0.158. The van der Waals surface area contributed by atoms with E-state index in [4.69, 9.17) is 0 Å². The van der Waals surface area contributed by atoms with E-state index < -0.39 is 0 Å². The molecular weight excluding hydrogens is 272 g/mol. The molecule has 0 aromatic rings. The van der Waals surface area contributed by atoms with E-state index in [0.717, 1.165) is 24.0 Å². The number of carbonyl (C=O) groups is 1. The Morgan fingerprint density at radius 1 is 1.27 bits per heavy atom. The number of hydrogen-bond acceptors (Lipinski definition) is 2. The zero-order chi connectivity index (χ0) is 16.4. The fourth-order valence-electron chi connectivity index (χ4n) is 1.91. The molecule has 1 aliphatic heterocycles. The molecule has 1 N–H and O–H groups in total. The van der Waals surface area contributed by atoms with Crippen LogP contribution in [0.5, 0.6) is 0 Å². The molecule has 1 rings (SSSR count). The molecule has 22 heavy (non-hydrogen) atoms. The minimum Gasteiger partial charge on any atom is -0.324 e. The summed E-state index contributed by atoms with van der Waals surface area (Å²) in [5.74, 6) is -0.169. The van der Waals surface area contributed by atoms with Crippen molar-refractivity contribution < 1.29 is 4.79 Å². The van der Waals surface area contributed by atoms with E-state index >= 15 is 0 Å². The van der Waals surface area contributed by atoms with E-state index in [1.807, 2.05) is 24.3 Å². The number of carbonyl (C=O) groups excluding carboxylic acids is 1. The number of allylic oxidation sites excluding steroid dienone is 9. The fourth-order valence-corrected chi connectivity index (χ4v) is 1.91. The lowest BCUT2D eigenvalue weighted by Crippen LogP contribution is -2.23. The Morgan fingerprint density at radius 2 is 2.05 bits per heavy atom. The molecule has 0 radical (unpaired) electrons. The van der Waals surface area contributed by atoms with Crippen molar-refractivity contribution in [3.05, 3.63) is 85.7 Å². The highest BCUT2D eigenvalue weighted by molar-refractivity contribution is 6.17. The molecule has 0 saturated carbocycles. The summed E-state index contributed by atoms with van der Waals surface area (Å²) in [6, 6.07) is 0. The van der Waals surface area contributed by atoms with Gasteiger partial charge in [-0.1, -0.05) is 56.2 Å². The largest absolute Gasteiger partial charge is 0.324 e. The maximum atomic E-state index is 11.7. The first-order chi connectivity index (χ1) is 10.6. The zero-order valence-corrected chi connectivity index (χ0v) is 12.8. The van der Waals surface area contributed by atoms with Crippen LogP contribution in [0.2, 0.25) is 0 Å². The Bertz CT molecular complexity index is 601. The van der Waals surface area contributed by atoms with Gasteiger partial charge in [-0.2, -0.15) is 0 Å². The third kappa shape index (κ3) is 5.02. The molecule has 0 bridgehead atoms. The second kappa shape index (κ2) is 9.29. The highest BCUT2D eigenvalue weighted by Gasteiger charge is 2.17. The van der Waals surface area contributed by atoms with Gasteiger partial charge in [0.05, 0.1) is 5.71 Å². The van der Waals surface area contributed by atoms with Crippen molar-refractivity contribution in [1.29, 1.82) is 0 Å². The molecule has 0 aromatic heterocycles. The van der Waals surface area contributed by atoms with Crippen LogP contribution < -0.4 is 5.32 Å². The van der Waals surface area contributed by atoms with Crippen molar-refractivity contribution >= 4 is 11.6 Å². The minimum atomic E-state index is -0.169. The van der Waals surface area contributed by atoms with Gasteiger partial charge in [0.2, 0.25) is 5.91 Å². The summed E-state index contributed by atoms with van der Waals surface area (Å²) < 4.78 is 0. The smallest absolute Gasteiger partial charge is 0.246 e. The van der Waals surface area contributed by atoms with E-state index in [2.05, 4.69) is 36.6 Å². The van der Waals surface area contributed by atoms with Gasteiger partial charge in [-0.15, -0.1) is 6.58 Å². The van der Waals surface area contributed by atoms with Gasteiger partial charge in [-0.05, 0) is 24.5 Å². The van der Waals surface area contributed by atoms with Gasteiger partial charge in [0.25, 0.3) is 0 Å². The average molecular weight is 294 g/mol. The molecule has 3 heteroatoms. The Hall–Kier alpha value is -2.68. The molecule has 1 aliphatic rings. The summed E-state index contributed by atoms with van der Waals surface area (Å²) in [4.78, 5) is 16.1. The van der Waals surface area contributed by atoms with Crippen molar-refractivity contribution in [2.45, 2.75) is 12.8 Å². The first-order valence-electron chi connectivity index (χ1n) is 7.11. The summed E-state index contributed by atoms with van der Waals surface area (Å²) in [5, 5.41) is 2.79. The summed E-state index contributed by atoms with van der Waals surface area (Å²) in [6.07, 6.45) is 14.5. The van der Waals surface area contributed by atoms with Crippen molar-refractivity contribution in [2.75, 3.05) is 6.54 Å². The first kappa shape index (κ1) is 17.4. The van der Waals surface area contributed by atoms with E-state index in [1.165, 1.54) is 0 Å². The normalized spacial score (nSPS) is 15.5. The summed E-state index contributed by atoms with van der Waals surface area (Å²) in [7, 11) is 0. The van der Waals surface area contributed by atoms with Gasteiger partial charge in [-0.25, -0.2) is 0 Å². The molecular formula is C19H22N2O. The SMILES string of the molecule is C=C/C=C\C1=C(C=C)NC(=O)CN=C1C(=C)/C=C\CCC=C. The number of hydrogen-bond donors (Lipinski definition) is 1. The van der Waals surface area contributed by atoms with Crippen LogP contribution >= 0.6 is 0 Å². The molecule has 0 aliphatic carbocycles. The van der Waals surface area contributed by atoms with Crippen LogP contribution in [0.4, 0.5) is 0 Å². The second-order valence-corrected chi connectivity index (χ2v) is 4.63. The second-order valence-electron chi connectivity index (χ2n) is 4.63. The molecule has 1 heterocycles. The highest BCUT2D eigenvalue weighted by atomic mass is 16.1. The quantitative estimate of drug-likeness (QED) is 0.413. The lowest BCUT2D eigenvalue weighted by molar-refractivity contribution is -0.118. The minimum absolute atomic E-state index is 0.0671. The van der Waals surface area contributed by atoms with E-state index in [9.17, 15) is 4.79 Å². The van der Waals surface area contributed by atoms with E-state index in [-0.39, 0.29) is 12.5 Å². The number of unbranched alkanes of at least 4 members (excludes halogenated alkanes) is 1. The molecule has 0 saturated heterocycles. The van der Waals surface area contributed by atoms with Crippen LogP contribution in [-0.4, -0.2) is 18.2 Å². The molecule has 0 fully saturated rings. The predicted octanol–water partition coefficient (Wildman–Crippen LogP) is 3.82. The highest BCUT2D eigenvalue weighted by Crippen LogP contribution is 2.17. The number of nitrogens with zero attached hydrogens (tertiary/aromatic N) is 1. The van der Waals surface area contributed by atoms with E-state index in [1.54, 1.807) is 18.2 Å². The Kier molecular flexibility index (Phi) is 7.34. The van der Waals surface area contributed by atoms with Crippen LogP contribution in [0.15, 0.2) is 90.7 Å². The Balaban J connectivity index is 3.17. The monoisotopic (exact) mass is 294 g/mol. The summed E-state index contributed by atoms with van der Waals surface area (Å²) in [5.41, 5.74) is 2.84. The van der Waals surface area contributed by atoms with Crippen molar-refractivity contribution in [2.24, 2.45) is 4.99 Å². The van der Waals surface area contributed by atoms with Crippen molar-refractivity contribution in [3.63, 3.8) is 0 Å². The van der Waals surface area contributed by atoms with Crippen molar-refractivity contribution in [1.82, 2.24) is 5.32 Å². The average Bonchev–Trinajstić information content (AvgIpc) is 2.68. The molecule has 0 unspecified atom stereocenters. The van der Waals surface area contributed by atoms with Gasteiger partial charge in [-0.3, -0.25) is 9.79 Å². The molecule has 0 aromatic carbocycles. The maximum absolute atomic E-state index is 11.7. The number of rotatable bonds is 8. The number of amides is 1. The van der Waals surface area contributed by atoms with E-state index in [0.29, 0.717) is 11.4 Å². The third-order valence-corrected chi connectivity index (χ3v) is 2.96. The van der Waals surface area contributed by atoms with Crippen LogP contribution in [0.1, 0.15) is 12.8 Å². The van der Waals surface area contributed by atoms with Crippen LogP contribution in [0, 0.1) is 0 Å². The lowest BCUT2D eigenvalue weighted by Gasteiger charge is -2.10. The molecule has 0 spiro atoms. The third-order valence-electron chi connectivity index (χ3n) is 2.96.